The van der Waals surface area contributed by atoms with Crippen molar-refractivity contribution in [2.75, 3.05) is 11.9 Å². The van der Waals surface area contributed by atoms with Crippen LogP contribution in [0.1, 0.15) is 42.8 Å². The topological polar surface area (TPSA) is 50.7 Å². The summed E-state index contributed by atoms with van der Waals surface area (Å²) in [6.07, 6.45) is 6.65. The highest BCUT2D eigenvalue weighted by molar-refractivity contribution is 5.31. The monoisotopic (exact) mass is 270 g/mol. The SMILES string of the molecule is CCCNc1ncc(C)c(Cc2ccc(CC)cn2)n1. The minimum absolute atomic E-state index is 0.706. The molecule has 0 aromatic carbocycles. The molecular weight excluding hydrogens is 248 g/mol. The first-order valence-electron chi connectivity index (χ1n) is 7.23. The van der Waals surface area contributed by atoms with Gasteiger partial charge in [-0.05, 0) is 37.0 Å². The Balaban J connectivity index is 2.14. The highest BCUT2D eigenvalue weighted by Crippen LogP contribution is 2.12. The maximum atomic E-state index is 4.59. The van der Waals surface area contributed by atoms with Crippen LogP contribution in [0.5, 0.6) is 0 Å². The minimum atomic E-state index is 0.706. The Morgan fingerprint density at radius 3 is 2.60 bits per heavy atom. The zero-order chi connectivity index (χ0) is 14.4. The molecule has 0 fully saturated rings. The van der Waals surface area contributed by atoms with Gasteiger partial charge in [0.2, 0.25) is 5.95 Å². The Hall–Kier alpha value is -1.97. The van der Waals surface area contributed by atoms with Gasteiger partial charge < -0.3 is 5.32 Å². The van der Waals surface area contributed by atoms with Gasteiger partial charge in [0, 0.05) is 31.1 Å². The molecule has 0 bridgehead atoms. The van der Waals surface area contributed by atoms with Crippen molar-refractivity contribution in [2.24, 2.45) is 0 Å². The van der Waals surface area contributed by atoms with Crippen LogP contribution in [0.25, 0.3) is 0 Å². The summed E-state index contributed by atoms with van der Waals surface area (Å²) in [6, 6.07) is 4.22. The Morgan fingerprint density at radius 2 is 1.95 bits per heavy atom. The molecule has 0 atom stereocenters. The fourth-order valence-corrected chi connectivity index (χ4v) is 1.92. The third kappa shape index (κ3) is 3.76. The molecule has 2 heterocycles. The van der Waals surface area contributed by atoms with Crippen LogP contribution in [0.3, 0.4) is 0 Å². The van der Waals surface area contributed by atoms with Gasteiger partial charge in [0.05, 0.1) is 5.69 Å². The fourth-order valence-electron chi connectivity index (χ4n) is 1.92. The van der Waals surface area contributed by atoms with Gasteiger partial charge in [-0.2, -0.15) is 0 Å². The average molecular weight is 270 g/mol. The maximum absolute atomic E-state index is 4.59. The lowest BCUT2D eigenvalue weighted by molar-refractivity contribution is 0.918. The zero-order valence-corrected chi connectivity index (χ0v) is 12.5. The second kappa shape index (κ2) is 6.98. The molecule has 0 aliphatic heterocycles. The van der Waals surface area contributed by atoms with Crippen LogP contribution in [0, 0.1) is 6.92 Å². The maximum Gasteiger partial charge on any atom is 0.222 e. The first-order chi connectivity index (χ1) is 9.72. The molecule has 106 valence electrons. The van der Waals surface area contributed by atoms with Crippen molar-refractivity contribution in [3.05, 3.63) is 47.0 Å². The number of hydrogen-bond donors (Lipinski definition) is 1. The number of hydrogen-bond acceptors (Lipinski definition) is 4. The highest BCUT2D eigenvalue weighted by atomic mass is 15.1. The van der Waals surface area contributed by atoms with Crippen molar-refractivity contribution in [3.63, 3.8) is 0 Å². The van der Waals surface area contributed by atoms with E-state index in [-0.39, 0.29) is 0 Å². The summed E-state index contributed by atoms with van der Waals surface area (Å²) >= 11 is 0. The van der Waals surface area contributed by atoms with E-state index in [9.17, 15) is 0 Å². The lowest BCUT2D eigenvalue weighted by Gasteiger charge is -2.08. The van der Waals surface area contributed by atoms with Gasteiger partial charge in [-0.15, -0.1) is 0 Å². The van der Waals surface area contributed by atoms with Crippen molar-refractivity contribution in [2.45, 2.75) is 40.0 Å². The van der Waals surface area contributed by atoms with Crippen molar-refractivity contribution in [1.29, 1.82) is 0 Å². The van der Waals surface area contributed by atoms with Gasteiger partial charge in [0.1, 0.15) is 0 Å². The van der Waals surface area contributed by atoms with E-state index in [2.05, 4.69) is 46.2 Å². The molecule has 4 heteroatoms. The summed E-state index contributed by atoms with van der Waals surface area (Å²) in [5.41, 5.74) is 4.45. The largest absolute Gasteiger partial charge is 0.354 e. The van der Waals surface area contributed by atoms with Gasteiger partial charge >= 0.3 is 0 Å². The molecule has 0 unspecified atom stereocenters. The van der Waals surface area contributed by atoms with Gasteiger partial charge in [-0.3, -0.25) is 4.98 Å². The van der Waals surface area contributed by atoms with Crippen molar-refractivity contribution < 1.29 is 0 Å². The molecule has 0 spiro atoms. The molecule has 4 nitrogen and oxygen atoms in total. The summed E-state index contributed by atoms with van der Waals surface area (Å²) in [5.74, 6) is 0.706. The molecule has 0 saturated carbocycles. The Morgan fingerprint density at radius 1 is 1.10 bits per heavy atom. The second-order valence-corrected chi connectivity index (χ2v) is 4.94. The number of anilines is 1. The van der Waals surface area contributed by atoms with Crippen LogP contribution in [0.4, 0.5) is 5.95 Å². The highest BCUT2D eigenvalue weighted by Gasteiger charge is 2.06. The molecule has 20 heavy (non-hydrogen) atoms. The molecule has 2 aromatic rings. The quantitative estimate of drug-likeness (QED) is 0.876. The number of aryl methyl sites for hydroxylation is 2. The van der Waals surface area contributed by atoms with E-state index >= 15 is 0 Å². The first kappa shape index (κ1) is 14.4. The summed E-state index contributed by atoms with van der Waals surface area (Å²) in [4.78, 5) is 13.4. The van der Waals surface area contributed by atoms with E-state index in [1.807, 2.05) is 19.3 Å². The number of rotatable bonds is 6. The Bertz CT molecular complexity index is 549. The molecule has 0 radical (unpaired) electrons. The molecule has 0 amide bonds. The number of nitrogens with one attached hydrogen (secondary N) is 1. The van der Waals surface area contributed by atoms with E-state index in [0.29, 0.717) is 5.95 Å². The number of nitrogens with zero attached hydrogens (tertiary/aromatic N) is 3. The second-order valence-electron chi connectivity index (χ2n) is 4.94. The van der Waals surface area contributed by atoms with E-state index in [1.165, 1.54) is 5.56 Å². The van der Waals surface area contributed by atoms with Crippen molar-refractivity contribution in [3.8, 4) is 0 Å². The van der Waals surface area contributed by atoms with Gasteiger partial charge in [0.15, 0.2) is 0 Å². The van der Waals surface area contributed by atoms with Crippen LogP contribution in [0.2, 0.25) is 0 Å². The molecule has 0 saturated heterocycles. The lowest BCUT2D eigenvalue weighted by Crippen LogP contribution is -2.07. The molecule has 1 N–H and O–H groups in total. The predicted octanol–water partition coefficient (Wildman–Crippen LogP) is 3.16. The van der Waals surface area contributed by atoms with Gasteiger partial charge in [-0.1, -0.05) is 19.9 Å². The van der Waals surface area contributed by atoms with E-state index in [0.717, 1.165) is 42.8 Å². The van der Waals surface area contributed by atoms with Crippen LogP contribution in [-0.2, 0) is 12.8 Å². The van der Waals surface area contributed by atoms with E-state index in [4.69, 9.17) is 0 Å². The molecular formula is C16H22N4. The summed E-state index contributed by atoms with van der Waals surface area (Å²) in [6.45, 7) is 7.20. The van der Waals surface area contributed by atoms with E-state index < -0.39 is 0 Å². The molecule has 0 aliphatic carbocycles. The Kier molecular flexibility index (Phi) is 5.04. The van der Waals surface area contributed by atoms with Gasteiger partial charge in [-0.25, -0.2) is 9.97 Å². The van der Waals surface area contributed by atoms with Gasteiger partial charge in [0.25, 0.3) is 0 Å². The number of aromatic nitrogens is 3. The lowest BCUT2D eigenvalue weighted by atomic mass is 10.1. The summed E-state index contributed by atoms with van der Waals surface area (Å²) in [5, 5.41) is 3.22. The fraction of sp³-hybridized carbons (Fsp3) is 0.438. The van der Waals surface area contributed by atoms with Crippen molar-refractivity contribution >= 4 is 5.95 Å². The molecule has 2 aromatic heterocycles. The third-order valence-electron chi connectivity index (χ3n) is 3.25. The predicted molar refractivity (Wildman–Crippen MR) is 82.0 cm³/mol. The third-order valence-corrected chi connectivity index (χ3v) is 3.25. The minimum Gasteiger partial charge on any atom is -0.354 e. The Labute approximate surface area is 120 Å². The van der Waals surface area contributed by atoms with Crippen LogP contribution < -0.4 is 5.32 Å². The van der Waals surface area contributed by atoms with Crippen LogP contribution in [0.15, 0.2) is 24.5 Å². The molecule has 0 aliphatic rings. The van der Waals surface area contributed by atoms with E-state index in [1.54, 1.807) is 0 Å². The standard InChI is InChI=1S/C16H22N4/c1-4-8-17-16-19-10-12(3)15(20-16)9-14-7-6-13(5-2)11-18-14/h6-7,10-11H,4-5,8-9H2,1-3H3,(H,17,19,20). The summed E-state index contributed by atoms with van der Waals surface area (Å²) in [7, 11) is 0. The number of pyridine rings is 1. The average Bonchev–Trinajstić information content (AvgIpc) is 2.49. The smallest absolute Gasteiger partial charge is 0.222 e. The normalized spacial score (nSPS) is 10.6. The van der Waals surface area contributed by atoms with Crippen molar-refractivity contribution in [1.82, 2.24) is 15.0 Å². The summed E-state index contributed by atoms with van der Waals surface area (Å²) < 4.78 is 0. The zero-order valence-electron chi connectivity index (χ0n) is 12.5. The van der Waals surface area contributed by atoms with Crippen LogP contribution in [-0.4, -0.2) is 21.5 Å². The first-order valence-corrected chi connectivity index (χ1v) is 7.23. The van der Waals surface area contributed by atoms with Crippen LogP contribution >= 0.6 is 0 Å². The molecule has 2 rings (SSSR count).